The topological polar surface area (TPSA) is 131 Å². The van der Waals surface area contributed by atoms with Crippen LogP contribution in [0.1, 0.15) is 50.0 Å². The number of hydrogen-bond acceptors (Lipinski definition) is 10. The van der Waals surface area contributed by atoms with Crippen molar-refractivity contribution < 1.29 is 27.8 Å². The molecule has 2 N–H and O–H groups in total. The Labute approximate surface area is 285 Å². The lowest BCUT2D eigenvalue weighted by Gasteiger charge is -2.38. The second-order valence-corrected chi connectivity index (χ2v) is 14.5. The average Bonchev–Trinajstić information content (AvgIpc) is 3.34. The normalized spacial score (nSPS) is 29.8. The van der Waals surface area contributed by atoms with Crippen molar-refractivity contribution >= 4 is 45.3 Å². The number of fused-ring (bicyclic) bond motifs is 7. The van der Waals surface area contributed by atoms with Crippen LogP contribution in [0.4, 0.5) is 19.4 Å². The molecule has 3 aromatic heterocycles. The molecule has 6 atom stereocenters. The van der Waals surface area contributed by atoms with Crippen LogP contribution in [0.5, 0.6) is 6.01 Å². The Morgan fingerprint density at radius 1 is 1.18 bits per heavy atom. The van der Waals surface area contributed by atoms with Gasteiger partial charge in [-0.3, -0.25) is 15.0 Å². The Bertz CT molecular complexity index is 1960. The van der Waals surface area contributed by atoms with E-state index >= 15 is 4.39 Å². The van der Waals surface area contributed by atoms with Crippen LogP contribution in [0, 0.1) is 11.7 Å². The maximum Gasteiger partial charge on any atom is 0.407 e. The van der Waals surface area contributed by atoms with Gasteiger partial charge < -0.3 is 24.4 Å². The van der Waals surface area contributed by atoms with E-state index in [1.165, 1.54) is 0 Å². The minimum absolute atomic E-state index is 0.000170. The molecule has 12 nitrogen and oxygen atoms in total. The van der Waals surface area contributed by atoms with E-state index in [2.05, 4.69) is 25.4 Å². The smallest absolute Gasteiger partial charge is 0.407 e. The molecule has 1 amide bonds. The van der Waals surface area contributed by atoms with Crippen molar-refractivity contribution in [2.75, 3.05) is 51.4 Å². The van der Waals surface area contributed by atoms with E-state index in [0.717, 1.165) is 31.4 Å². The van der Waals surface area contributed by atoms with Gasteiger partial charge in [-0.1, -0.05) is 11.6 Å². The minimum atomic E-state index is -0.921. The summed E-state index contributed by atoms with van der Waals surface area (Å²) in [5, 5.41) is 11.8. The number of carbonyl (C=O) groups excluding carboxylic acids is 1. The van der Waals surface area contributed by atoms with Crippen LogP contribution < -0.4 is 15.0 Å². The SMILES string of the molecule is CO[C@@H]1CCN2C[C@@H]1NC(=O)OCC[C@@H]1C[C@@H]1c1c(Cl)cc3[nH]ncc3c1-c1ncc3c2nc(OC[C@@]24CCCN2C[C@H](F)C4)nc3c1F. The third-order valence-electron chi connectivity index (χ3n) is 11.3. The molecule has 1 aromatic carbocycles. The maximum absolute atomic E-state index is 17.2. The van der Waals surface area contributed by atoms with Gasteiger partial charge in [-0.2, -0.15) is 15.1 Å². The first kappa shape index (κ1) is 31.1. The second-order valence-electron chi connectivity index (χ2n) is 14.1. The molecule has 10 rings (SSSR count). The number of alkyl carbamates (subject to hydrolysis) is 1. The molecule has 15 heteroatoms. The van der Waals surface area contributed by atoms with E-state index in [0.29, 0.717) is 71.6 Å². The Morgan fingerprint density at radius 3 is 2.96 bits per heavy atom. The van der Waals surface area contributed by atoms with Crippen LogP contribution in [0.15, 0.2) is 18.5 Å². The molecule has 0 radical (unpaired) electrons. The van der Waals surface area contributed by atoms with Crippen LogP contribution in [-0.4, -0.2) is 107 Å². The quantitative estimate of drug-likeness (QED) is 0.296. The number of ether oxygens (including phenoxy) is 3. The number of nitrogens with one attached hydrogen (secondary N) is 2. The highest BCUT2D eigenvalue weighted by molar-refractivity contribution is 6.33. The summed E-state index contributed by atoms with van der Waals surface area (Å²) in [6.07, 6.45) is 5.72. The summed E-state index contributed by atoms with van der Waals surface area (Å²) in [5.74, 6) is 0.00865. The molecule has 0 spiro atoms. The van der Waals surface area contributed by atoms with Gasteiger partial charge in [0.15, 0.2) is 5.82 Å². The number of piperidine rings is 1. The van der Waals surface area contributed by atoms with Crippen LogP contribution in [0.3, 0.4) is 0 Å². The lowest BCUT2D eigenvalue weighted by atomic mass is 9.94. The zero-order valence-electron chi connectivity index (χ0n) is 27.1. The number of hydrogen-bond donors (Lipinski definition) is 2. The van der Waals surface area contributed by atoms with Gasteiger partial charge in [-0.25, -0.2) is 13.6 Å². The largest absolute Gasteiger partial charge is 0.461 e. The first-order valence-electron chi connectivity index (χ1n) is 17.1. The number of anilines is 1. The molecule has 4 fully saturated rings. The number of aromatic amines is 1. The van der Waals surface area contributed by atoms with Crippen molar-refractivity contribution in [1.29, 1.82) is 0 Å². The second kappa shape index (κ2) is 11.9. The van der Waals surface area contributed by atoms with Crippen LogP contribution >= 0.6 is 11.6 Å². The summed E-state index contributed by atoms with van der Waals surface area (Å²) in [7, 11) is 1.62. The molecule has 4 aromatic rings. The molecule has 6 bridgehead atoms. The molecule has 258 valence electrons. The molecule has 1 saturated carbocycles. The molecule has 3 saturated heterocycles. The number of halogens is 3. The number of amides is 1. The summed E-state index contributed by atoms with van der Waals surface area (Å²) in [6.45, 7) is 2.46. The molecule has 49 heavy (non-hydrogen) atoms. The van der Waals surface area contributed by atoms with E-state index < -0.39 is 29.7 Å². The minimum Gasteiger partial charge on any atom is -0.461 e. The molecule has 5 aliphatic heterocycles. The number of aromatic nitrogens is 5. The summed E-state index contributed by atoms with van der Waals surface area (Å²) < 4.78 is 49.5. The van der Waals surface area contributed by atoms with E-state index in [1.54, 1.807) is 19.5 Å². The Morgan fingerprint density at radius 2 is 2.08 bits per heavy atom. The number of carbonyl (C=O) groups is 1. The van der Waals surface area contributed by atoms with Crippen molar-refractivity contribution in [2.45, 2.75) is 68.3 Å². The third-order valence-corrected chi connectivity index (χ3v) is 11.6. The zero-order valence-corrected chi connectivity index (χ0v) is 27.8. The summed E-state index contributed by atoms with van der Waals surface area (Å²) in [6, 6.07) is 1.39. The van der Waals surface area contributed by atoms with Crippen LogP contribution in [0.25, 0.3) is 33.1 Å². The van der Waals surface area contributed by atoms with E-state index in [9.17, 15) is 9.18 Å². The van der Waals surface area contributed by atoms with E-state index in [1.807, 2.05) is 11.0 Å². The summed E-state index contributed by atoms with van der Waals surface area (Å²) in [4.78, 5) is 31.4. The molecule has 1 aliphatic carbocycles. The van der Waals surface area contributed by atoms with Gasteiger partial charge in [-0.15, -0.1) is 0 Å². The first-order chi connectivity index (χ1) is 23.8. The number of nitrogens with zero attached hydrogens (tertiary/aromatic N) is 6. The van der Waals surface area contributed by atoms with Crippen molar-refractivity contribution in [2.24, 2.45) is 5.92 Å². The van der Waals surface area contributed by atoms with Crippen LogP contribution in [-0.2, 0) is 9.47 Å². The molecular formula is C34H37ClF2N8O4. The van der Waals surface area contributed by atoms with E-state index in [4.69, 9.17) is 35.8 Å². The Kier molecular flexibility index (Phi) is 7.54. The van der Waals surface area contributed by atoms with Gasteiger partial charge >= 0.3 is 12.1 Å². The van der Waals surface area contributed by atoms with Gasteiger partial charge in [0.2, 0.25) is 0 Å². The van der Waals surface area contributed by atoms with Gasteiger partial charge in [-0.05, 0) is 62.1 Å². The Balaban J connectivity index is 1.21. The van der Waals surface area contributed by atoms with Crippen LogP contribution in [0.2, 0.25) is 5.02 Å². The lowest BCUT2D eigenvalue weighted by molar-refractivity contribution is 0.0502. The van der Waals surface area contributed by atoms with Gasteiger partial charge in [0.05, 0.1) is 41.4 Å². The average molecular weight is 695 g/mol. The highest BCUT2D eigenvalue weighted by atomic mass is 35.5. The third kappa shape index (κ3) is 5.25. The summed E-state index contributed by atoms with van der Waals surface area (Å²) >= 11 is 6.93. The fourth-order valence-electron chi connectivity index (χ4n) is 8.80. The van der Waals surface area contributed by atoms with Crippen molar-refractivity contribution in [3.05, 3.63) is 34.9 Å². The van der Waals surface area contributed by atoms with Crippen molar-refractivity contribution in [1.82, 2.24) is 35.4 Å². The monoisotopic (exact) mass is 694 g/mol. The van der Waals surface area contributed by atoms with Crippen molar-refractivity contribution in [3.8, 4) is 17.3 Å². The maximum atomic E-state index is 17.2. The molecular weight excluding hydrogens is 658 g/mol. The molecule has 6 aliphatic rings. The highest BCUT2D eigenvalue weighted by Crippen LogP contribution is 2.56. The number of benzene rings is 1. The van der Waals surface area contributed by atoms with Gasteiger partial charge in [0.1, 0.15) is 29.8 Å². The number of alkyl halides is 1. The van der Waals surface area contributed by atoms with Gasteiger partial charge in [0, 0.05) is 55.3 Å². The fourth-order valence-corrected chi connectivity index (χ4v) is 9.14. The predicted molar refractivity (Wildman–Crippen MR) is 177 cm³/mol. The predicted octanol–water partition coefficient (Wildman–Crippen LogP) is 5.14. The zero-order chi connectivity index (χ0) is 33.4. The lowest BCUT2D eigenvalue weighted by Crippen LogP contribution is -2.56. The highest BCUT2D eigenvalue weighted by Gasteiger charge is 2.49. The molecule has 0 unspecified atom stereocenters. The Hall–Kier alpha value is -3.88. The first-order valence-corrected chi connectivity index (χ1v) is 17.4. The van der Waals surface area contributed by atoms with Gasteiger partial charge in [0.25, 0.3) is 0 Å². The summed E-state index contributed by atoms with van der Waals surface area (Å²) in [5.41, 5.74) is 1.74. The fraction of sp³-hybridized carbons (Fsp3) is 0.559. The number of pyridine rings is 1. The van der Waals surface area contributed by atoms with E-state index in [-0.39, 0.29) is 48.4 Å². The standard InChI is InChI=1S/C34H37ClF2N8O4/c1-47-25-3-7-44-15-24(25)40-33(46)48-8-4-17-9-19(17)26-22(35)10-23-20(13-39-43-23)27(26)30-28(37)29-21(12-38-30)31(44)42-32(41-29)49-16-34-5-2-6-45(34)14-18(36)11-34/h10,12-13,17-19,24-25H,2-9,11,14-16H2,1H3,(H,39,43)(H,40,46)/t17-,18-,19+,24+,25-,34+/m1/s1. The number of rotatable bonds is 4. The number of H-pyrrole nitrogens is 1. The molecule has 8 heterocycles. The number of methoxy groups -OCH3 is 1. The van der Waals surface area contributed by atoms with Crippen molar-refractivity contribution in [3.63, 3.8) is 0 Å².